The molecule has 1 aromatic carbocycles. The van der Waals surface area contributed by atoms with Crippen LogP contribution in [0.15, 0.2) is 24.3 Å². The summed E-state index contributed by atoms with van der Waals surface area (Å²) < 4.78 is 0. The number of nitrogens with zero attached hydrogens (tertiary/aromatic N) is 2. The molecule has 0 saturated carbocycles. The van der Waals surface area contributed by atoms with E-state index in [1.807, 2.05) is 0 Å². The summed E-state index contributed by atoms with van der Waals surface area (Å²) in [6, 6.07) is 10.7. The quantitative estimate of drug-likeness (QED) is 0.828. The van der Waals surface area contributed by atoms with Crippen LogP contribution in [0.4, 0.5) is 0 Å². The molecule has 0 bridgehead atoms. The highest BCUT2D eigenvalue weighted by Gasteiger charge is 2.30. The molecule has 2 saturated heterocycles. The van der Waals surface area contributed by atoms with Gasteiger partial charge in [0.05, 0.1) is 0 Å². The lowest BCUT2D eigenvalue weighted by Gasteiger charge is -2.44. The number of benzene rings is 1. The fourth-order valence-corrected chi connectivity index (χ4v) is 5.59. The van der Waals surface area contributed by atoms with E-state index in [1.54, 1.807) is 11.1 Å². The summed E-state index contributed by atoms with van der Waals surface area (Å²) in [5, 5.41) is 0. The van der Waals surface area contributed by atoms with Gasteiger partial charge in [0.1, 0.15) is 0 Å². The minimum Gasteiger partial charge on any atom is -0.298 e. The Morgan fingerprint density at radius 1 is 0.773 bits per heavy atom. The number of hydrogen-bond donors (Lipinski definition) is 0. The Hall–Kier alpha value is -0.510. The van der Waals surface area contributed by atoms with Gasteiger partial charge in [0.25, 0.3) is 0 Å². The number of thioether (sulfide) groups is 1. The fraction of sp³-hybridized carbons (Fsp3) is 0.684. The normalized spacial score (nSPS) is 28.5. The molecule has 120 valence electrons. The summed E-state index contributed by atoms with van der Waals surface area (Å²) in [5.41, 5.74) is 3.20. The molecule has 1 atom stereocenters. The van der Waals surface area contributed by atoms with Gasteiger partial charge in [0.2, 0.25) is 0 Å². The minimum absolute atomic E-state index is 0.791. The predicted octanol–water partition coefficient (Wildman–Crippen LogP) is 3.06. The molecule has 1 aliphatic carbocycles. The maximum atomic E-state index is 2.78. The Morgan fingerprint density at radius 3 is 2.14 bits per heavy atom. The van der Waals surface area contributed by atoms with Gasteiger partial charge in [-0.15, -0.1) is 0 Å². The monoisotopic (exact) mass is 316 g/mol. The highest BCUT2D eigenvalue weighted by atomic mass is 32.2. The third-order valence-electron chi connectivity index (χ3n) is 5.89. The molecule has 2 aliphatic heterocycles. The molecule has 3 heteroatoms. The molecule has 4 rings (SSSR count). The lowest BCUT2D eigenvalue weighted by Crippen LogP contribution is -2.54. The first-order chi connectivity index (χ1) is 10.9. The van der Waals surface area contributed by atoms with Crippen molar-refractivity contribution in [1.29, 1.82) is 0 Å². The molecule has 0 aromatic heterocycles. The van der Waals surface area contributed by atoms with Crippen LogP contribution >= 0.6 is 11.8 Å². The molecule has 22 heavy (non-hydrogen) atoms. The molecular weight excluding hydrogens is 288 g/mol. The number of hydrogen-bond acceptors (Lipinski definition) is 3. The molecular formula is C19H28N2S. The topological polar surface area (TPSA) is 6.48 Å². The van der Waals surface area contributed by atoms with Crippen molar-refractivity contribution in [3.8, 4) is 0 Å². The SMILES string of the molecule is c1ccc2c(c1)CC[C@H](N1CCN(C3CCSCC3)CC1)C2. The third kappa shape index (κ3) is 3.22. The lowest BCUT2D eigenvalue weighted by molar-refractivity contribution is 0.0616. The zero-order chi connectivity index (χ0) is 14.8. The number of fused-ring (bicyclic) bond motifs is 1. The van der Waals surface area contributed by atoms with Crippen LogP contribution in [0.5, 0.6) is 0 Å². The van der Waals surface area contributed by atoms with Crippen LogP contribution < -0.4 is 0 Å². The minimum atomic E-state index is 0.791. The first-order valence-electron chi connectivity index (χ1n) is 9.03. The summed E-state index contributed by atoms with van der Waals surface area (Å²) in [5.74, 6) is 2.76. The van der Waals surface area contributed by atoms with Crippen molar-refractivity contribution in [2.75, 3.05) is 37.7 Å². The molecule has 1 aromatic rings. The van der Waals surface area contributed by atoms with Crippen LogP contribution in [0.3, 0.4) is 0 Å². The van der Waals surface area contributed by atoms with Gasteiger partial charge in [-0.1, -0.05) is 24.3 Å². The van der Waals surface area contributed by atoms with Crippen molar-refractivity contribution in [1.82, 2.24) is 9.80 Å². The molecule has 0 unspecified atom stereocenters. The number of rotatable bonds is 2. The molecule has 0 spiro atoms. The fourth-order valence-electron chi connectivity index (χ4n) is 4.51. The highest BCUT2D eigenvalue weighted by molar-refractivity contribution is 7.99. The van der Waals surface area contributed by atoms with E-state index in [2.05, 4.69) is 45.8 Å². The molecule has 2 fully saturated rings. The van der Waals surface area contributed by atoms with Gasteiger partial charge < -0.3 is 0 Å². The van der Waals surface area contributed by atoms with Crippen molar-refractivity contribution in [3.05, 3.63) is 35.4 Å². The lowest BCUT2D eigenvalue weighted by atomic mass is 9.87. The van der Waals surface area contributed by atoms with Gasteiger partial charge in [0, 0.05) is 38.3 Å². The Labute approximate surface area is 139 Å². The second kappa shape index (κ2) is 6.94. The Morgan fingerprint density at radius 2 is 1.41 bits per heavy atom. The van der Waals surface area contributed by atoms with E-state index in [-0.39, 0.29) is 0 Å². The predicted molar refractivity (Wildman–Crippen MR) is 95.7 cm³/mol. The van der Waals surface area contributed by atoms with Crippen LogP contribution in [0.25, 0.3) is 0 Å². The molecule has 0 N–H and O–H groups in total. The summed E-state index contributed by atoms with van der Waals surface area (Å²) in [4.78, 5) is 5.57. The van der Waals surface area contributed by atoms with E-state index in [9.17, 15) is 0 Å². The van der Waals surface area contributed by atoms with E-state index in [1.165, 1.54) is 69.8 Å². The summed E-state index contributed by atoms with van der Waals surface area (Å²) in [6.07, 6.45) is 6.75. The van der Waals surface area contributed by atoms with Crippen LogP contribution in [-0.2, 0) is 12.8 Å². The van der Waals surface area contributed by atoms with E-state index >= 15 is 0 Å². The largest absolute Gasteiger partial charge is 0.298 e. The Kier molecular flexibility index (Phi) is 4.75. The Bertz CT molecular complexity index is 490. The van der Waals surface area contributed by atoms with E-state index < -0.39 is 0 Å². The van der Waals surface area contributed by atoms with Crippen molar-refractivity contribution >= 4 is 11.8 Å². The first-order valence-corrected chi connectivity index (χ1v) is 10.2. The molecule has 2 nitrogen and oxygen atoms in total. The Balaban J connectivity index is 1.32. The molecule has 3 aliphatic rings. The first kappa shape index (κ1) is 15.0. The molecule has 0 radical (unpaired) electrons. The summed E-state index contributed by atoms with van der Waals surface area (Å²) in [7, 11) is 0. The molecule has 2 heterocycles. The molecule has 0 amide bonds. The summed E-state index contributed by atoms with van der Waals surface area (Å²) >= 11 is 2.14. The summed E-state index contributed by atoms with van der Waals surface area (Å²) in [6.45, 7) is 5.17. The standard InChI is InChI=1S/C19H28N2S/c1-2-4-17-15-19(6-5-16(17)3-1)21-11-9-20(10-12-21)18-7-13-22-14-8-18/h1-4,18-19H,5-15H2/t19-/m0/s1. The van der Waals surface area contributed by atoms with Crippen molar-refractivity contribution < 1.29 is 0 Å². The van der Waals surface area contributed by atoms with Gasteiger partial charge in [-0.3, -0.25) is 9.80 Å². The average molecular weight is 317 g/mol. The third-order valence-corrected chi connectivity index (χ3v) is 6.94. The van der Waals surface area contributed by atoms with Crippen LogP contribution in [0.2, 0.25) is 0 Å². The van der Waals surface area contributed by atoms with Crippen LogP contribution in [0.1, 0.15) is 30.4 Å². The maximum absolute atomic E-state index is 2.78. The average Bonchev–Trinajstić information content (AvgIpc) is 2.62. The second-order valence-electron chi connectivity index (χ2n) is 7.08. The van der Waals surface area contributed by atoms with Gasteiger partial charge in [-0.05, 0) is 54.7 Å². The van der Waals surface area contributed by atoms with Crippen LogP contribution in [0, 0.1) is 0 Å². The second-order valence-corrected chi connectivity index (χ2v) is 8.31. The maximum Gasteiger partial charge on any atom is 0.0140 e. The number of piperazine rings is 1. The van der Waals surface area contributed by atoms with E-state index in [0.717, 1.165) is 12.1 Å². The van der Waals surface area contributed by atoms with E-state index in [0.29, 0.717) is 0 Å². The zero-order valence-electron chi connectivity index (χ0n) is 13.5. The smallest absolute Gasteiger partial charge is 0.0140 e. The highest BCUT2D eigenvalue weighted by Crippen LogP contribution is 2.27. The van der Waals surface area contributed by atoms with E-state index in [4.69, 9.17) is 0 Å². The van der Waals surface area contributed by atoms with Gasteiger partial charge >= 0.3 is 0 Å². The zero-order valence-corrected chi connectivity index (χ0v) is 14.4. The van der Waals surface area contributed by atoms with Gasteiger partial charge in [0.15, 0.2) is 0 Å². The van der Waals surface area contributed by atoms with Crippen LogP contribution in [-0.4, -0.2) is 59.6 Å². The van der Waals surface area contributed by atoms with Gasteiger partial charge in [-0.2, -0.15) is 11.8 Å². The van der Waals surface area contributed by atoms with Crippen molar-refractivity contribution in [2.24, 2.45) is 0 Å². The van der Waals surface area contributed by atoms with Crippen molar-refractivity contribution in [2.45, 2.75) is 44.2 Å². The number of aryl methyl sites for hydroxylation is 1. The van der Waals surface area contributed by atoms with Gasteiger partial charge in [-0.25, -0.2) is 0 Å². The van der Waals surface area contributed by atoms with Crippen molar-refractivity contribution in [3.63, 3.8) is 0 Å².